The van der Waals surface area contributed by atoms with Crippen molar-refractivity contribution in [2.75, 3.05) is 0 Å². The van der Waals surface area contributed by atoms with Crippen LogP contribution in [0.5, 0.6) is 0 Å². The van der Waals surface area contributed by atoms with E-state index in [0.717, 1.165) is 11.1 Å². The number of rotatable bonds is 6. The Hall–Kier alpha value is -0.394. The molecule has 0 fully saturated rings. The molecule has 1 N–H and O–H groups in total. The Balaban J connectivity index is 0.00000338. The first kappa shape index (κ1) is 23.6. The summed E-state index contributed by atoms with van der Waals surface area (Å²) in [6.07, 6.45) is 0. The summed E-state index contributed by atoms with van der Waals surface area (Å²) in [6.45, 7) is 8.05. The normalized spacial score (nSPS) is 11.3. The van der Waals surface area contributed by atoms with Crippen LogP contribution in [-0.4, -0.2) is 67.3 Å². The topological polar surface area (TPSA) is 71.4 Å². The van der Waals surface area contributed by atoms with Crippen molar-refractivity contribution in [1.82, 2.24) is 0 Å². The number of carbonyl (C=O) groups excluding carboxylic acids is 2. The van der Waals surface area contributed by atoms with E-state index in [1.807, 2.05) is 27.7 Å². The Kier molecular flexibility index (Phi) is 8.82. The molecule has 0 aliphatic carbocycles. The maximum absolute atomic E-state index is 12.5. The van der Waals surface area contributed by atoms with Crippen LogP contribution < -0.4 is 0 Å². The summed E-state index contributed by atoms with van der Waals surface area (Å²) in [6, 6.07) is 12.9. The van der Waals surface area contributed by atoms with Crippen molar-refractivity contribution in [3.05, 3.63) is 70.8 Å². The van der Waals surface area contributed by atoms with E-state index in [1.165, 1.54) is 24.3 Å². The van der Waals surface area contributed by atoms with E-state index < -0.39 is 18.4 Å². The Morgan fingerprint density at radius 3 is 1.23 bits per heavy atom. The molecule has 0 saturated heterocycles. The van der Waals surface area contributed by atoms with Crippen LogP contribution in [0, 0.1) is 0 Å². The van der Waals surface area contributed by atoms with E-state index in [2.05, 4.69) is 0 Å². The van der Waals surface area contributed by atoms with Gasteiger partial charge in [0.15, 0.2) is 0 Å². The predicted octanol–water partition coefficient (Wildman–Crippen LogP) is 4.54. The summed E-state index contributed by atoms with van der Waals surface area (Å²) in [4.78, 5) is 35.0. The van der Waals surface area contributed by atoms with Gasteiger partial charge in [0.2, 0.25) is 0 Å². The number of benzene rings is 2. The van der Waals surface area contributed by atoms with E-state index >= 15 is 0 Å². The minimum atomic E-state index is -4.67. The molecule has 2 aromatic rings. The first-order valence-electron chi connectivity index (χ1n) is 8.27. The van der Waals surface area contributed by atoms with Gasteiger partial charge in [0.25, 0.3) is 11.0 Å². The molecular weight excluding hydrogens is 374 g/mol. The molecule has 0 saturated carbocycles. The fourth-order valence-electron chi connectivity index (χ4n) is 2.46. The Morgan fingerprint density at radius 1 is 0.731 bits per heavy atom. The average Bonchev–Trinajstić information content (AvgIpc) is 2.60. The summed E-state index contributed by atoms with van der Waals surface area (Å²) in [5.74, 6) is 0.567. The molecule has 6 heteroatoms. The molecule has 0 bridgehead atoms. The zero-order valence-electron chi connectivity index (χ0n) is 14.9. The molecule has 0 radical (unpaired) electrons. The van der Waals surface area contributed by atoms with E-state index in [9.17, 15) is 19.0 Å². The first-order valence-corrected chi connectivity index (χ1v) is 9.93. The predicted molar refractivity (Wildman–Crippen MR) is 107 cm³/mol. The molecule has 2 aromatic carbocycles. The fraction of sp³-hybridized carbons (Fsp3) is 0.300. The molecule has 0 aromatic heterocycles. The quantitative estimate of drug-likeness (QED) is 0.573. The van der Waals surface area contributed by atoms with Gasteiger partial charge in [0.1, 0.15) is 0 Å². The van der Waals surface area contributed by atoms with E-state index in [1.54, 1.807) is 24.3 Å². The van der Waals surface area contributed by atoms with E-state index in [-0.39, 0.29) is 74.3 Å². The van der Waals surface area contributed by atoms with Crippen molar-refractivity contribution in [1.29, 1.82) is 0 Å². The number of hydrogen-bond acceptors (Lipinski definition) is 3. The zero-order valence-corrected chi connectivity index (χ0v) is 15.8. The minimum absolute atomic E-state index is 0. The molecule has 0 aliphatic heterocycles. The molecule has 0 heterocycles. The molecule has 0 unspecified atom stereocenters. The standard InChI is InChI=1S/C20H23O4P.K.H/c1-13(2)15-5-9-17(10-6-15)19(21)25(23,24)20(22)18-11-7-16(8-12-18)14(3)4;;/h5-14H,1-4H3,(H,23,24);;. The SMILES string of the molecule is CC(C)c1ccc(C(=O)P(=O)(O)C(=O)c2ccc(C(C)C)cc2)cc1.[KH]. The Bertz CT molecular complexity index is 756. The van der Waals surface area contributed by atoms with Gasteiger partial charge in [-0.05, 0) is 23.0 Å². The van der Waals surface area contributed by atoms with Crippen LogP contribution in [0.15, 0.2) is 48.5 Å². The van der Waals surface area contributed by atoms with Gasteiger partial charge in [-0.15, -0.1) is 0 Å². The third-order valence-corrected chi connectivity index (χ3v) is 5.82. The van der Waals surface area contributed by atoms with Gasteiger partial charge in [0, 0.05) is 11.1 Å². The van der Waals surface area contributed by atoms with Crippen molar-refractivity contribution in [3.8, 4) is 0 Å². The van der Waals surface area contributed by atoms with Crippen LogP contribution in [0.3, 0.4) is 0 Å². The van der Waals surface area contributed by atoms with Gasteiger partial charge in [-0.2, -0.15) is 0 Å². The van der Waals surface area contributed by atoms with E-state index in [4.69, 9.17) is 0 Å². The van der Waals surface area contributed by atoms with Crippen LogP contribution in [-0.2, 0) is 4.57 Å². The van der Waals surface area contributed by atoms with Gasteiger partial charge >= 0.3 is 58.8 Å². The molecule has 26 heavy (non-hydrogen) atoms. The van der Waals surface area contributed by atoms with Crippen LogP contribution >= 0.6 is 7.37 Å². The van der Waals surface area contributed by atoms with Crippen molar-refractivity contribution in [3.63, 3.8) is 0 Å². The molecule has 0 aliphatic rings. The molecule has 4 nitrogen and oxygen atoms in total. The van der Waals surface area contributed by atoms with E-state index in [0.29, 0.717) is 0 Å². The Morgan fingerprint density at radius 2 is 1.00 bits per heavy atom. The zero-order chi connectivity index (χ0) is 18.8. The second-order valence-electron chi connectivity index (χ2n) is 6.74. The summed E-state index contributed by atoms with van der Waals surface area (Å²) < 4.78 is 12.5. The number of carbonyl (C=O) groups is 2. The van der Waals surface area contributed by atoms with Crippen molar-refractivity contribution < 1.29 is 19.0 Å². The van der Waals surface area contributed by atoms with Crippen molar-refractivity contribution >= 4 is 69.8 Å². The van der Waals surface area contributed by atoms with Gasteiger partial charge in [-0.3, -0.25) is 14.2 Å². The molecule has 0 atom stereocenters. The van der Waals surface area contributed by atoms with Crippen LogP contribution in [0.2, 0.25) is 0 Å². The monoisotopic (exact) mass is 398 g/mol. The fourth-order valence-corrected chi connectivity index (χ4v) is 3.65. The number of hydrogen-bond donors (Lipinski definition) is 1. The summed E-state index contributed by atoms with van der Waals surface area (Å²) in [5.41, 5.74) is 0.117. The molecular formula is C20H24KO4P. The second-order valence-corrected chi connectivity index (χ2v) is 8.70. The van der Waals surface area contributed by atoms with Crippen molar-refractivity contribution in [2.24, 2.45) is 0 Å². The van der Waals surface area contributed by atoms with Crippen LogP contribution in [0.1, 0.15) is 71.4 Å². The average molecular weight is 398 g/mol. The molecule has 0 spiro atoms. The molecule has 2 rings (SSSR count). The summed E-state index contributed by atoms with van der Waals surface area (Å²) in [5, 5.41) is 0. The summed E-state index contributed by atoms with van der Waals surface area (Å²) in [7, 11) is -4.67. The maximum atomic E-state index is 12.5. The van der Waals surface area contributed by atoms with Crippen LogP contribution in [0.25, 0.3) is 0 Å². The molecule has 0 amide bonds. The first-order chi connectivity index (χ1) is 11.6. The Labute approximate surface area is 197 Å². The third-order valence-electron chi connectivity index (χ3n) is 4.20. The van der Waals surface area contributed by atoms with Gasteiger partial charge in [-0.1, -0.05) is 76.2 Å². The van der Waals surface area contributed by atoms with Gasteiger partial charge < -0.3 is 4.89 Å². The third kappa shape index (κ3) is 5.32. The van der Waals surface area contributed by atoms with Crippen LogP contribution in [0.4, 0.5) is 0 Å². The second kappa shape index (κ2) is 9.70. The van der Waals surface area contributed by atoms with Crippen molar-refractivity contribution in [2.45, 2.75) is 39.5 Å². The van der Waals surface area contributed by atoms with Gasteiger partial charge in [0.05, 0.1) is 0 Å². The molecule has 134 valence electrons. The summed E-state index contributed by atoms with van der Waals surface area (Å²) >= 11 is 0. The van der Waals surface area contributed by atoms with Gasteiger partial charge in [-0.25, -0.2) is 0 Å².